The quantitative estimate of drug-likeness (QED) is 0.0132. The first-order chi connectivity index (χ1) is 37.8. The average Bonchev–Trinajstić information content (AvgIpc) is 3.98. The Labute approximate surface area is 462 Å². The number of aliphatic carboxylic acids is 1. The molecule has 2 aliphatic rings. The van der Waals surface area contributed by atoms with Gasteiger partial charge in [0.15, 0.2) is 40.7 Å². The van der Waals surface area contributed by atoms with Crippen LogP contribution in [-0.2, 0) is 71.5 Å². The smallest absolute Gasteiger partial charge is 0.335 e. The minimum absolute atomic E-state index is 0. The third-order valence-electron chi connectivity index (χ3n) is 12.6. The maximum absolute atomic E-state index is 13.4. The van der Waals surface area contributed by atoms with Crippen LogP contribution in [0.25, 0.3) is 11.5 Å². The second kappa shape index (κ2) is 29.1. The molecule has 23 nitrogen and oxygen atoms in total. The number of carbonyl (C=O) groups is 6. The number of aliphatic hydroxyl groups is 3. The maximum Gasteiger partial charge on any atom is 0.335 e. The largest absolute Gasteiger partial charge is 0.479 e. The lowest BCUT2D eigenvalue weighted by atomic mass is 9.99. The lowest BCUT2D eigenvalue weighted by Crippen LogP contribution is -2.61. The number of ether oxygens (including phenoxy) is 5. The zero-order valence-electron chi connectivity index (χ0n) is 44.4. The van der Waals surface area contributed by atoms with E-state index in [0.29, 0.717) is 34.6 Å². The van der Waals surface area contributed by atoms with Crippen LogP contribution in [0.1, 0.15) is 57.8 Å². The molecule has 80 heavy (non-hydrogen) atoms. The highest BCUT2D eigenvalue weighted by molar-refractivity contribution is 7.90. The van der Waals surface area contributed by atoms with Crippen LogP contribution in [0.2, 0.25) is 0 Å². The number of aryl methyl sites for hydroxylation is 3. The molecule has 4 heterocycles. The normalized spacial score (nSPS) is 18.0. The molecule has 0 unspecified atom stereocenters. The molecule has 428 valence electrons. The van der Waals surface area contributed by atoms with E-state index in [1.165, 1.54) is 18.2 Å². The molecule has 1 fully saturated rings. The Bertz CT molecular complexity index is 3090. The van der Waals surface area contributed by atoms with Crippen LogP contribution in [0.4, 0.5) is 5.69 Å². The summed E-state index contributed by atoms with van der Waals surface area (Å²) in [7, 11) is -3.67. The predicted octanol–water partition coefficient (Wildman–Crippen LogP) is 2.61. The first kappa shape index (κ1) is 61.7. The van der Waals surface area contributed by atoms with Gasteiger partial charge in [-0.15, -0.1) is 0 Å². The fourth-order valence-electron chi connectivity index (χ4n) is 8.21. The van der Waals surface area contributed by atoms with Gasteiger partial charge in [0.1, 0.15) is 35.6 Å². The maximum atomic E-state index is 13.4. The number of hydrogen-bond acceptors (Lipinski definition) is 18. The van der Waals surface area contributed by atoms with Gasteiger partial charge in [-0.25, -0.2) is 22.8 Å². The van der Waals surface area contributed by atoms with E-state index in [1.807, 2.05) is 29.8 Å². The van der Waals surface area contributed by atoms with E-state index >= 15 is 0 Å². The highest BCUT2D eigenvalue weighted by Gasteiger charge is 2.48. The lowest BCUT2D eigenvalue weighted by molar-refractivity contribution is -0.688. The first-order valence-electron chi connectivity index (χ1n) is 25.3. The minimum Gasteiger partial charge on any atom is -0.479 e. The second-order valence-corrected chi connectivity index (χ2v) is 20.5. The van der Waals surface area contributed by atoms with E-state index < -0.39 is 52.4 Å². The standard InChI is InChI=1S/C55H61N5O18S.CH3/c1-34-5-13-40(14-6-34)79(71,72)33-42-35(2)76-53(58-42)39-11-9-38(10-12-39)43(61)15-7-36-4-3-22-59(31-36)32-37-8-16-44(77-55-51(68)49(66)50(67)52(78-55)54(69)70)41(30-37)57-46(63)19-21-56-45(62)20-24-73-26-28-75-29-27-74-25-23-60-47(64)17-18-48(60)65;/h3-6,8-14,16-18,22,30-31,49-52,55,66-68H,7,15,19-21,23-29,32-33H2,1-2H3,(H2-,56,57,62,63,69,70);1H3/q;-1/p+1/t49-,50-,51+,52-,55+;/m0./s1. The van der Waals surface area contributed by atoms with Gasteiger partial charge in [-0.1, -0.05) is 29.8 Å². The molecule has 24 heteroatoms. The molecular formula is C56H65N5O18S. The van der Waals surface area contributed by atoms with Crippen molar-refractivity contribution in [3.63, 3.8) is 0 Å². The summed E-state index contributed by atoms with van der Waals surface area (Å²) in [6, 6.07) is 21.7. The fraction of sp³-hybridized carbons (Fsp3) is 0.375. The minimum atomic E-state index is -3.67. The number of aliphatic hydroxyl groups excluding tert-OH is 3. The summed E-state index contributed by atoms with van der Waals surface area (Å²) in [5.74, 6) is -3.23. The van der Waals surface area contributed by atoms with E-state index in [9.17, 15) is 57.6 Å². The number of nitrogens with one attached hydrogen (secondary N) is 2. The molecule has 0 spiro atoms. The molecule has 2 aliphatic heterocycles. The molecular weight excluding hydrogens is 1060 g/mol. The SMILES string of the molecule is Cc1ccc(S(=O)(=O)Cc2nc(-c3ccc(C(=O)CCc4ccc[n+](Cc5ccc(O[C@@H]6O[C@H](C(=O)O)[C@@H](O)[C@H](O)[C@H]6O)c(NC(=O)CCNC(=O)CCOCCOCCOCCN6C(=O)C=CC6=O)c5)c4)cc3)oc2C)cc1.[CH3-]. The van der Waals surface area contributed by atoms with Crippen LogP contribution in [-0.4, -0.2) is 158 Å². The highest BCUT2D eigenvalue weighted by atomic mass is 32.2. The fourth-order valence-corrected chi connectivity index (χ4v) is 9.55. The predicted molar refractivity (Wildman–Crippen MR) is 284 cm³/mol. The van der Waals surface area contributed by atoms with Crippen molar-refractivity contribution in [3.8, 4) is 17.2 Å². The van der Waals surface area contributed by atoms with Crippen LogP contribution in [0, 0.1) is 21.3 Å². The summed E-state index contributed by atoms with van der Waals surface area (Å²) in [5.41, 5.74) is 3.82. The zero-order chi connectivity index (χ0) is 56.6. The molecule has 5 aromatic rings. The van der Waals surface area contributed by atoms with Crippen LogP contribution in [0.3, 0.4) is 0 Å². The number of imide groups is 1. The number of pyridine rings is 1. The lowest BCUT2D eigenvalue weighted by Gasteiger charge is -2.38. The van der Waals surface area contributed by atoms with Gasteiger partial charge in [0, 0.05) is 66.3 Å². The second-order valence-electron chi connectivity index (χ2n) is 18.6. The van der Waals surface area contributed by atoms with Crippen molar-refractivity contribution < 1.29 is 90.3 Å². The number of benzene rings is 3. The molecule has 0 radical (unpaired) electrons. The Balaban J connectivity index is 0.0000103. The Morgan fingerprint density at radius 3 is 2.14 bits per heavy atom. The van der Waals surface area contributed by atoms with E-state index in [1.54, 1.807) is 73.8 Å². The number of Topliss-reactive ketones (excluding diaryl/α,β-unsaturated/α-hetero) is 1. The number of nitrogens with zero attached hydrogens (tertiary/aromatic N) is 3. The number of aromatic nitrogens is 2. The van der Waals surface area contributed by atoms with Gasteiger partial charge in [0.2, 0.25) is 24.0 Å². The number of anilines is 1. The van der Waals surface area contributed by atoms with Gasteiger partial charge in [0.25, 0.3) is 11.8 Å². The average molecular weight is 1130 g/mol. The van der Waals surface area contributed by atoms with Crippen molar-refractivity contribution in [2.75, 3.05) is 58.0 Å². The molecule has 5 atom stereocenters. The van der Waals surface area contributed by atoms with Gasteiger partial charge in [0.05, 0.1) is 62.5 Å². The zero-order valence-corrected chi connectivity index (χ0v) is 45.2. The number of hydrogen-bond donors (Lipinski definition) is 6. The number of carbonyl (C=O) groups excluding carboxylic acids is 5. The number of sulfone groups is 1. The molecule has 0 aliphatic carbocycles. The first-order valence-corrected chi connectivity index (χ1v) is 26.9. The van der Waals surface area contributed by atoms with Gasteiger partial charge >= 0.3 is 5.97 Å². The number of carboxylic acid groups (broad SMARTS) is 1. The molecule has 0 saturated carbocycles. The Hall–Kier alpha value is -7.55. The number of rotatable bonds is 29. The van der Waals surface area contributed by atoms with Gasteiger partial charge in [-0.05, 0) is 68.8 Å². The van der Waals surface area contributed by atoms with E-state index in [4.69, 9.17) is 28.1 Å². The molecule has 4 amide bonds. The van der Waals surface area contributed by atoms with Gasteiger partial charge in [-0.3, -0.25) is 28.9 Å². The molecule has 2 aromatic heterocycles. The van der Waals surface area contributed by atoms with Crippen LogP contribution in [0.5, 0.6) is 5.75 Å². The summed E-state index contributed by atoms with van der Waals surface area (Å²) in [4.78, 5) is 79.8. The van der Waals surface area contributed by atoms with E-state index in [-0.39, 0.29) is 137 Å². The Kier molecular flexibility index (Phi) is 22.4. The van der Waals surface area contributed by atoms with Gasteiger partial charge < -0.3 is 66.6 Å². The van der Waals surface area contributed by atoms with Crippen LogP contribution >= 0.6 is 0 Å². The third-order valence-corrected chi connectivity index (χ3v) is 14.2. The third kappa shape index (κ3) is 17.2. The molecule has 6 N–H and O–H groups in total. The van der Waals surface area contributed by atoms with E-state index in [2.05, 4.69) is 15.6 Å². The number of carboxylic acids is 1. The number of oxazole rings is 1. The van der Waals surface area contributed by atoms with E-state index in [0.717, 1.165) is 16.0 Å². The molecule has 3 aromatic carbocycles. The summed E-state index contributed by atoms with van der Waals surface area (Å²) < 4.78 is 61.3. The molecule has 7 rings (SSSR count). The summed E-state index contributed by atoms with van der Waals surface area (Å²) in [6.07, 6.45) is -3.07. The number of ketones is 1. The molecule has 1 saturated heterocycles. The van der Waals surface area contributed by atoms with Crippen molar-refractivity contribution in [2.45, 2.75) is 87.4 Å². The summed E-state index contributed by atoms with van der Waals surface area (Å²) in [6.45, 7) is 5.05. The monoisotopic (exact) mass is 1130 g/mol. The number of amides is 4. The van der Waals surface area contributed by atoms with Crippen molar-refractivity contribution in [3.05, 3.63) is 145 Å². The van der Waals surface area contributed by atoms with Crippen LogP contribution in [0.15, 0.2) is 113 Å². The molecule has 0 bridgehead atoms. The highest BCUT2D eigenvalue weighted by Crippen LogP contribution is 2.32. The Morgan fingerprint density at radius 2 is 1.45 bits per heavy atom. The summed E-state index contributed by atoms with van der Waals surface area (Å²) in [5, 5.41) is 46.2. The van der Waals surface area contributed by atoms with Crippen molar-refractivity contribution >= 4 is 50.9 Å². The van der Waals surface area contributed by atoms with Crippen molar-refractivity contribution in [1.82, 2.24) is 15.2 Å². The summed E-state index contributed by atoms with van der Waals surface area (Å²) >= 11 is 0. The van der Waals surface area contributed by atoms with Crippen molar-refractivity contribution in [2.24, 2.45) is 0 Å². The van der Waals surface area contributed by atoms with Crippen LogP contribution < -0.4 is 19.9 Å². The Morgan fingerprint density at radius 1 is 0.775 bits per heavy atom. The van der Waals surface area contributed by atoms with Crippen molar-refractivity contribution in [1.29, 1.82) is 0 Å². The van der Waals surface area contributed by atoms with Gasteiger partial charge in [-0.2, -0.15) is 0 Å². The topological polar surface area (TPSA) is 321 Å².